The van der Waals surface area contributed by atoms with Crippen LogP contribution in [0, 0.1) is 5.92 Å². The summed E-state index contributed by atoms with van der Waals surface area (Å²) in [4.78, 5) is 2.35. The van der Waals surface area contributed by atoms with Gasteiger partial charge in [-0.2, -0.15) is 0 Å². The number of ether oxygens (including phenoxy) is 1. The Bertz CT molecular complexity index is 221. The van der Waals surface area contributed by atoms with Gasteiger partial charge in [0, 0.05) is 19.2 Å². The first-order chi connectivity index (χ1) is 7.72. The van der Waals surface area contributed by atoms with Gasteiger partial charge in [0.2, 0.25) is 0 Å². The van der Waals surface area contributed by atoms with Gasteiger partial charge in [-0.3, -0.25) is 4.90 Å². The van der Waals surface area contributed by atoms with Crippen LogP contribution in [-0.4, -0.2) is 62.0 Å². The van der Waals surface area contributed by atoms with Gasteiger partial charge in [-0.15, -0.1) is 0 Å². The summed E-state index contributed by atoms with van der Waals surface area (Å²) >= 11 is 0. The normalized spacial score (nSPS) is 29.6. The van der Waals surface area contributed by atoms with Crippen LogP contribution < -0.4 is 5.32 Å². The molecule has 2 aliphatic rings. The lowest BCUT2D eigenvalue weighted by molar-refractivity contribution is 0.0830. The lowest BCUT2D eigenvalue weighted by atomic mass is 9.93. The van der Waals surface area contributed by atoms with E-state index in [4.69, 9.17) is 4.74 Å². The fourth-order valence-electron chi connectivity index (χ4n) is 2.75. The average molecular weight is 228 g/mol. The van der Waals surface area contributed by atoms with Gasteiger partial charge < -0.3 is 15.2 Å². The summed E-state index contributed by atoms with van der Waals surface area (Å²) in [5.74, 6) is 0.646. The Labute approximate surface area is 98.0 Å². The lowest BCUT2D eigenvalue weighted by Gasteiger charge is -2.37. The second-order valence-electron chi connectivity index (χ2n) is 5.27. The van der Waals surface area contributed by atoms with Gasteiger partial charge in [-0.1, -0.05) is 0 Å². The van der Waals surface area contributed by atoms with Crippen molar-refractivity contribution in [1.29, 1.82) is 0 Å². The molecule has 4 heteroatoms. The van der Waals surface area contributed by atoms with Crippen molar-refractivity contribution in [1.82, 2.24) is 10.2 Å². The molecule has 2 N–H and O–H groups in total. The van der Waals surface area contributed by atoms with E-state index >= 15 is 0 Å². The molecular weight excluding hydrogens is 204 g/mol. The van der Waals surface area contributed by atoms with Gasteiger partial charge in [0.15, 0.2) is 0 Å². The van der Waals surface area contributed by atoms with Crippen molar-refractivity contribution in [2.75, 3.05) is 40.5 Å². The molecule has 94 valence electrons. The van der Waals surface area contributed by atoms with Crippen molar-refractivity contribution in [2.45, 2.75) is 30.8 Å². The molecule has 0 aromatic rings. The number of hydrogen-bond acceptors (Lipinski definition) is 4. The zero-order valence-corrected chi connectivity index (χ0v) is 10.4. The van der Waals surface area contributed by atoms with E-state index in [-0.39, 0.29) is 12.1 Å². The van der Waals surface area contributed by atoms with Gasteiger partial charge in [0.25, 0.3) is 0 Å². The van der Waals surface area contributed by atoms with Crippen molar-refractivity contribution in [3.63, 3.8) is 0 Å². The molecule has 4 nitrogen and oxygen atoms in total. The third-order valence-corrected chi connectivity index (χ3v) is 4.20. The Balaban J connectivity index is 1.93. The Morgan fingerprint density at radius 1 is 1.44 bits per heavy atom. The number of rotatable bonds is 6. The van der Waals surface area contributed by atoms with E-state index in [0.29, 0.717) is 12.0 Å². The minimum absolute atomic E-state index is 0.0999. The number of likely N-dealkylation sites (N-methyl/N-ethyl adjacent to an activating group) is 2. The van der Waals surface area contributed by atoms with Crippen LogP contribution in [0.2, 0.25) is 0 Å². The SMILES string of the molecule is CNC(CO)(CN(C)C1CCOC1)C1CC1. The van der Waals surface area contributed by atoms with Crippen LogP contribution in [0.15, 0.2) is 0 Å². The largest absolute Gasteiger partial charge is 0.394 e. The molecule has 1 aliphatic carbocycles. The van der Waals surface area contributed by atoms with Crippen molar-refractivity contribution in [3.8, 4) is 0 Å². The topological polar surface area (TPSA) is 44.7 Å². The van der Waals surface area contributed by atoms with Crippen LogP contribution >= 0.6 is 0 Å². The molecule has 2 unspecified atom stereocenters. The molecule has 2 atom stereocenters. The minimum atomic E-state index is -0.0999. The first kappa shape index (κ1) is 12.3. The van der Waals surface area contributed by atoms with E-state index in [9.17, 15) is 5.11 Å². The van der Waals surface area contributed by atoms with Gasteiger partial charge in [-0.05, 0) is 39.3 Å². The number of nitrogens with zero attached hydrogens (tertiary/aromatic N) is 1. The molecule has 2 rings (SSSR count). The van der Waals surface area contributed by atoms with Crippen LogP contribution in [0.4, 0.5) is 0 Å². The summed E-state index contributed by atoms with van der Waals surface area (Å²) in [5.41, 5.74) is -0.0999. The van der Waals surface area contributed by atoms with Gasteiger partial charge in [0.1, 0.15) is 0 Å². The molecule has 1 saturated carbocycles. The van der Waals surface area contributed by atoms with Crippen molar-refractivity contribution >= 4 is 0 Å². The van der Waals surface area contributed by atoms with Crippen molar-refractivity contribution in [2.24, 2.45) is 5.92 Å². The van der Waals surface area contributed by atoms with Gasteiger partial charge in [0.05, 0.1) is 18.8 Å². The minimum Gasteiger partial charge on any atom is -0.394 e. The molecule has 0 aromatic carbocycles. The van der Waals surface area contributed by atoms with E-state index in [1.165, 1.54) is 12.8 Å². The monoisotopic (exact) mass is 228 g/mol. The van der Waals surface area contributed by atoms with Crippen LogP contribution in [0.3, 0.4) is 0 Å². The number of aliphatic hydroxyl groups is 1. The van der Waals surface area contributed by atoms with Crippen LogP contribution in [0.5, 0.6) is 0 Å². The third-order valence-electron chi connectivity index (χ3n) is 4.20. The molecule has 0 aromatic heterocycles. The van der Waals surface area contributed by atoms with Crippen LogP contribution in [0.1, 0.15) is 19.3 Å². The van der Waals surface area contributed by atoms with E-state index in [0.717, 1.165) is 26.2 Å². The van der Waals surface area contributed by atoms with Crippen molar-refractivity contribution < 1.29 is 9.84 Å². The summed E-state index contributed by atoms with van der Waals surface area (Å²) in [5, 5.41) is 13.0. The van der Waals surface area contributed by atoms with Crippen LogP contribution in [0.25, 0.3) is 0 Å². The van der Waals surface area contributed by atoms with E-state index in [1.54, 1.807) is 0 Å². The highest BCUT2D eigenvalue weighted by molar-refractivity contribution is 5.02. The Morgan fingerprint density at radius 2 is 2.19 bits per heavy atom. The average Bonchev–Trinajstić information content (AvgIpc) is 3.01. The molecule has 0 radical (unpaired) electrons. The summed E-state index contributed by atoms with van der Waals surface area (Å²) < 4.78 is 5.41. The van der Waals surface area contributed by atoms with Crippen molar-refractivity contribution in [3.05, 3.63) is 0 Å². The predicted molar refractivity (Wildman–Crippen MR) is 63.5 cm³/mol. The summed E-state index contributed by atoms with van der Waals surface area (Å²) in [6, 6.07) is 0.526. The van der Waals surface area contributed by atoms with Crippen LogP contribution in [-0.2, 0) is 4.74 Å². The number of nitrogens with one attached hydrogen (secondary N) is 1. The predicted octanol–water partition coefficient (Wildman–Crippen LogP) is 0.0676. The quantitative estimate of drug-likeness (QED) is 0.675. The van der Waals surface area contributed by atoms with Gasteiger partial charge >= 0.3 is 0 Å². The Kier molecular flexibility index (Phi) is 3.85. The second-order valence-corrected chi connectivity index (χ2v) is 5.27. The van der Waals surface area contributed by atoms with E-state index in [2.05, 4.69) is 17.3 Å². The van der Waals surface area contributed by atoms with E-state index < -0.39 is 0 Å². The maximum Gasteiger partial charge on any atom is 0.0628 e. The molecule has 0 spiro atoms. The molecule has 1 saturated heterocycles. The highest BCUT2D eigenvalue weighted by atomic mass is 16.5. The molecule has 2 fully saturated rings. The van der Waals surface area contributed by atoms with E-state index in [1.807, 2.05) is 7.05 Å². The standard InChI is InChI=1S/C12H24N2O2/c1-13-12(9-15,10-3-4-10)8-14(2)11-5-6-16-7-11/h10-11,13,15H,3-9H2,1-2H3. The highest BCUT2D eigenvalue weighted by Crippen LogP contribution is 2.40. The first-order valence-corrected chi connectivity index (χ1v) is 6.29. The third kappa shape index (κ3) is 2.40. The Morgan fingerprint density at radius 3 is 2.62 bits per heavy atom. The zero-order chi connectivity index (χ0) is 11.6. The fourth-order valence-corrected chi connectivity index (χ4v) is 2.75. The first-order valence-electron chi connectivity index (χ1n) is 6.29. The zero-order valence-electron chi connectivity index (χ0n) is 10.4. The number of hydrogen-bond donors (Lipinski definition) is 2. The lowest BCUT2D eigenvalue weighted by Crippen LogP contribution is -2.57. The molecular formula is C12H24N2O2. The molecule has 1 heterocycles. The fraction of sp³-hybridized carbons (Fsp3) is 1.00. The Hall–Kier alpha value is -0.160. The molecule has 1 aliphatic heterocycles. The smallest absolute Gasteiger partial charge is 0.0628 e. The molecule has 16 heavy (non-hydrogen) atoms. The summed E-state index contributed by atoms with van der Waals surface area (Å²) in [7, 11) is 4.11. The molecule has 0 amide bonds. The number of aliphatic hydroxyl groups excluding tert-OH is 1. The highest BCUT2D eigenvalue weighted by Gasteiger charge is 2.45. The molecule has 0 bridgehead atoms. The summed E-state index contributed by atoms with van der Waals surface area (Å²) in [6.07, 6.45) is 3.61. The maximum absolute atomic E-state index is 9.66. The van der Waals surface area contributed by atoms with Gasteiger partial charge in [-0.25, -0.2) is 0 Å². The summed E-state index contributed by atoms with van der Waals surface area (Å²) in [6.45, 7) is 2.86. The second kappa shape index (κ2) is 5.00. The maximum atomic E-state index is 9.66.